The molecule has 0 aliphatic rings. The van der Waals surface area contributed by atoms with Crippen molar-refractivity contribution in [3.63, 3.8) is 0 Å². The molecule has 1 heterocycles. The Balaban J connectivity index is 2.09. The van der Waals surface area contributed by atoms with Crippen LogP contribution in [0.1, 0.15) is 37.6 Å². The van der Waals surface area contributed by atoms with Crippen LogP contribution in [-0.2, 0) is 14.4 Å². The number of hydrogen-bond donors (Lipinski definition) is 0. The Bertz CT molecular complexity index is 1320. The highest BCUT2D eigenvalue weighted by Gasteiger charge is 2.17. The van der Waals surface area contributed by atoms with Crippen LogP contribution in [0.3, 0.4) is 0 Å². The van der Waals surface area contributed by atoms with Crippen molar-refractivity contribution in [1.82, 2.24) is 4.98 Å². The average Bonchev–Trinajstić information content (AvgIpc) is 2.73. The fourth-order valence-electron chi connectivity index (χ4n) is 2.98. The monoisotopic (exact) mass is 430 g/mol. The van der Waals surface area contributed by atoms with Gasteiger partial charge >= 0.3 is 17.9 Å². The Morgan fingerprint density at radius 2 is 1.50 bits per heavy atom. The van der Waals surface area contributed by atoms with E-state index in [-0.39, 0.29) is 22.8 Å². The maximum absolute atomic E-state index is 11.5. The molecule has 0 amide bonds. The number of fused-ring (bicyclic) bond motifs is 1. The Labute approximate surface area is 183 Å². The van der Waals surface area contributed by atoms with E-state index >= 15 is 0 Å². The van der Waals surface area contributed by atoms with Gasteiger partial charge in [0.1, 0.15) is 11.6 Å². The largest absolute Gasteiger partial charge is 0.423 e. The lowest BCUT2D eigenvalue weighted by Gasteiger charge is -2.13. The van der Waals surface area contributed by atoms with E-state index in [0.29, 0.717) is 27.7 Å². The van der Waals surface area contributed by atoms with Gasteiger partial charge in [-0.05, 0) is 29.8 Å². The molecular formula is C24H18N2O6. The highest BCUT2D eigenvalue weighted by molar-refractivity contribution is 5.91. The van der Waals surface area contributed by atoms with Crippen molar-refractivity contribution >= 4 is 34.4 Å². The first-order chi connectivity index (χ1) is 15.2. The Morgan fingerprint density at radius 1 is 0.875 bits per heavy atom. The summed E-state index contributed by atoms with van der Waals surface area (Å²) < 4.78 is 15.5. The van der Waals surface area contributed by atoms with Crippen LogP contribution in [0.2, 0.25) is 0 Å². The molecule has 0 radical (unpaired) electrons. The zero-order valence-electron chi connectivity index (χ0n) is 17.6. The molecule has 1 aromatic heterocycles. The summed E-state index contributed by atoms with van der Waals surface area (Å²) in [4.78, 5) is 38.9. The van der Waals surface area contributed by atoms with Gasteiger partial charge in [0, 0.05) is 31.7 Å². The highest BCUT2D eigenvalue weighted by Crippen LogP contribution is 2.34. The summed E-state index contributed by atoms with van der Waals surface area (Å²) in [5.74, 6) is -1.51. The predicted octanol–water partition coefficient (Wildman–Crippen LogP) is 3.94. The van der Waals surface area contributed by atoms with Crippen molar-refractivity contribution in [1.29, 1.82) is 5.26 Å². The minimum atomic E-state index is -0.583. The number of aromatic nitrogens is 1. The summed E-state index contributed by atoms with van der Waals surface area (Å²) in [5.41, 5.74) is 1.95. The molecule has 0 fully saturated rings. The van der Waals surface area contributed by atoms with E-state index in [1.54, 1.807) is 30.3 Å². The first-order valence-electron chi connectivity index (χ1n) is 9.42. The average molecular weight is 430 g/mol. The number of carbonyl (C=O) groups excluding carboxylic acids is 3. The lowest BCUT2D eigenvalue weighted by Crippen LogP contribution is -2.07. The minimum absolute atomic E-state index is 0.0551. The van der Waals surface area contributed by atoms with Crippen molar-refractivity contribution in [2.75, 3.05) is 0 Å². The molecule has 0 spiro atoms. The molecule has 3 rings (SSSR count). The van der Waals surface area contributed by atoms with Gasteiger partial charge in [-0.25, -0.2) is 4.98 Å². The topological polar surface area (TPSA) is 116 Å². The second-order valence-corrected chi connectivity index (χ2v) is 6.74. The van der Waals surface area contributed by atoms with E-state index in [0.717, 1.165) is 0 Å². The van der Waals surface area contributed by atoms with Gasteiger partial charge in [-0.3, -0.25) is 14.4 Å². The normalized spacial score (nSPS) is 10.2. The molecule has 8 nitrogen and oxygen atoms in total. The number of benzene rings is 2. The summed E-state index contributed by atoms with van der Waals surface area (Å²) in [5, 5.41) is 10.0. The Hall–Kier alpha value is -4.51. The number of carbonyl (C=O) groups is 3. The van der Waals surface area contributed by atoms with Gasteiger partial charge in [-0.1, -0.05) is 24.8 Å². The fourth-order valence-corrected chi connectivity index (χ4v) is 2.98. The standard InChI is InChI=1S/C24H18N2O6/c1-13(18-8-10-21(30-14(2)27)22(11-18)31-15(3)28)20-9-7-17-5-6-19(12-25)24(23(17)26-20)32-16(4)29/h5-11H,1H2,2-4H3. The Morgan fingerprint density at radius 3 is 2.12 bits per heavy atom. The van der Waals surface area contributed by atoms with Crippen molar-refractivity contribution in [3.8, 4) is 23.3 Å². The van der Waals surface area contributed by atoms with E-state index in [4.69, 9.17) is 14.2 Å². The van der Waals surface area contributed by atoms with E-state index < -0.39 is 17.9 Å². The minimum Gasteiger partial charge on any atom is -0.423 e. The predicted molar refractivity (Wildman–Crippen MR) is 115 cm³/mol. The number of nitriles is 1. The third kappa shape index (κ3) is 4.79. The van der Waals surface area contributed by atoms with Crippen molar-refractivity contribution in [3.05, 3.63) is 65.9 Å². The van der Waals surface area contributed by atoms with Gasteiger partial charge in [0.05, 0.1) is 11.3 Å². The summed E-state index contributed by atoms with van der Waals surface area (Å²) >= 11 is 0. The molecule has 0 atom stereocenters. The molecule has 0 N–H and O–H groups in total. The van der Waals surface area contributed by atoms with Crippen LogP contribution in [-0.4, -0.2) is 22.9 Å². The van der Waals surface area contributed by atoms with Crippen molar-refractivity contribution in [2.45, 2.75) is 20.8 Å². The quantitative estimate of drug-likeness (QED) is 0.441. The molecule has 32 heavy (non-hydrogen) atoms. The summed E-state index contributed by atoms with van der Waals surface area (Å²) in [7, 11) is 0. The van der Waals surface area contributed by atoms with Crippen LogP contribution in [0.25, 0.3) is 16.5 Å². The third-order valence-electron chi connectivity index (χ3n) is 4.29. The maximum Gasteiger partial charge on any atom is 0.308 e. The molecule has 0 aliphatic heterocycles. The van der Waals surface area contributed by atoms with E-state index in [9.17, 15) is 19.6 Å². The Kier molecular flexibility index (Phi) is 6.31. The number of hydrogen-bond acceptors (Lipinski definition) is 8. The second kappa shape index (κ2) is 9.10. The van der Waals surface area contributed by atoms with Crippen molar-refractivity contribution in [2.24, 2.45) is 0 Å². The van der Waals surface area contributed by atoms with Crippen molar-refractivity contribution < 1.29 is 28.6 Å². The molecule has 0 unspecified atom stereocenters. The van der Waals surface area contributed by atoms with Gasteiger partial charge in [-0.2, -0.15) is 5.26 Å². The van der Waals surface area contributed by atoms with E-state index in [1.807, 2.05) is 6.07 Å². The van der Waals surface area contributed by atoms with Gasteiger partial charge in [0.25, 0.3) is 0 Å². The number of ether oxygens (including phenoxy) is 3. The van der Waals surface area contributed by atoms with Gasteiger partial charge in [0.15, 0.2) is 17.2 Å². The van der Waals surface area contributed by atoms with Gasteiger partial charge < -0.3 is 14.2 Å². The zero-order valence-corrected chi connectivity index (χ0v) is 17.6. The lowest BCUT2D eigenvalue weighted by atomic mass is 10.0. The molecule has 0 saturated carbocycles. The number of pyridine rings is 1. The van der Waals surface area contributed by atoms with Gasteiger partial charge in [-0.15, -0.1) is 0 Å². The van der Waals surface area contributed by atoms with Crippen LogP contribution < -0.4 is 14.2 Å². The molecular weight excluding hydrogens is 412 g/mol. The molecule has 3 aromatic rings. The smallest absolute Gasteiger partial charge is 0.308 e. The first kappa shape index (κ1) is 22.2. The van der Waals surface area contributed by atoms with Crippen LogP contribution in [0, 0.1) is 11.3 Å². The van der Waals surface area contributed by atoms with Crippen LogP contribution in [0.4, 0.5) is 0 Å². The maximum atomic E-state index is 11.5. The number of rotatable bonds is 5. The lowest BCUT2D eigenvalue weighted by molar-refractivity contribution is -0.134. The first-order valence-corrected chi connectivity index (χ1v) is 9.42. The zero-order chi connectivity index (χ0) is 23.4. The molecule has 0 bridgehead atoms. The van der Waals surface area contributed by atoms with E-state index in [1.165, 1.54) is 32.9 Å². The summed E-state index contributed by atoms with van der Waals surface area (Å²) in [6.45, 7) is 7.77. The fraction of sp³-hybridized carbons (Fsp3) is 0.125. The number of nitrogens with zero attached hydrogens (tertiary/aromatic N) is 2. The van der Waals surface area contributed by atoms with Crippen LogP contribution >= 0.6 is 0 Å². The molecule has 2 aromatic carbocycles. The summed E-state index contributed by atoms with van der Waals surface area (Å²) in [6, 6.07) is 13.4. The third-order valence-corrected chi connectivity index (χ3v) is 4.29. The highest BCUT2D eigenvalue weighted by atomic mass is 16.6. The van der Waals surface area contributed by atoms with Gasteiger partial charge in [0.2, 0.25) is 0 Å². The molecule has 160 valence electrons. The van der Waals surface area contributed by atoms with E-state index in [2.05, 4.69) is 11.6 Å². The van der Waals surface area contributed by atoms with Crippen LogP contribution in [0.5, 0.6) is 17.2 Å². The summed E-state index contributed by atoms with van der Waals surface area (Å²) in [6.07, 6.45) is 0. The molecule has 0 saturated heterocycles. The second-order valence-electron chi connectivity index (χ2n) is 6.74. The molecule has 8 heteroatoms. The number of esters is 3. The SMILES string of the molecule is C=C(c1ccc(OC(C)=O)c(OC(C)=O)c1)c1ccc2ccc(C#N)c(OC(C)=O)c2n1. The molecule has 0 aliphatic carbocycles. The van der Waals surface area contributed by atoms with Crippen LogP contribution in [0.15, 0.2) is 49.0 Å².